The third-order valence-electron chi connectivity index (χ3n) is 5.05. The molecule has 2 heterocycles. The van der Waals surface area contributed by atoms with Crippen molar-refractivity contribution in [2.24, 2.45) is 0 Å². The van der Waals surface area contributed by atoms with Crippen LogP contribution in [0.4, 0.5) is 13.2 Å². The van der Waals surface area contributed by atoms with Crippen molar-refractivity contribution in [2.75, 3.05) is 20.5 Å². The lowest BCUT2D eigenvalue weighted by Gasteiger charge is -2.12. The average Bonchev–Trinajstić information content (AvgIpc) is 3.37. The normalized spacial score (nSPS) is 12.6. The second-order valence-corrected chi connectivity index (χ2v) is 7.33. The molecule has 1 aromatic heterocycles. The predicted molar refractivity (Wildman–Crippen MR) is 109 cm³/mol. The van der Waals surface area contributed by atoms with E-state index in [0.29, 0.717) is 28.4 Å². The van der Waals surface area contributed by atoms with Crippen molar-refractivity contribution < 1.29 is 47.1 Å². The van der Waals surface area contributed by atoms with Gasteiger partial charge < -0.3 is 29.2 Å². The molecule has 1 aliphatic heterocycles. The van der Waals surface area contributed by atoms with Crippen molar-refractivity contribution in [3.05, 3.63) is 58.8 Å². The van der Waals surface area contributed by atoms with E-state index in [4.69, 9.17) is 24.1 Å². The smallest absolute Gasteiger partial charge is 0.435 e. The van der Waals surface area contributed by atoms with E-state index < -0.39 is 35.9 Å². The van der Waals surface area contributed by atoms with Crippen molar-refractivity contribution in [3.63, 3.8) is 0 Å². The van der Waals surface area contributed by atoms with Crippen LogP contribution in [-0.2, 0) is 23.9 Å². The number of halogens is 3. The molecule has 4 rings (SSSR count). The molecule has 0 spiro atoms. The van der Waals surface area contributed by atoms with Crippen LogP contribution in [0.3, 0.4) is 0 Å². The van der Waals surface area contributed by atoms with Crippen LogP contribution in [0, 0.1) is 0 Å². The minimum absolute atomic E-state index is 0.0178. The summed E-state index contributed by atoms with van der Waals surface area (Å²) in [6.07, 6.45) is -5.08. The van der Waals surface area contributed by atoms with Crippen LogP contribution >= 0.6 is 0 Å². The summed E-state index contributed by atoms with van der Waals surface area (Å²) >= 11 is 0. The number of carboxylic acid groups (broad SMARTS) is 1. The molecule has 0 bridgehead atoms. The molecule has 180 valence electrons. The van der Waals surface area contributed by atoms with Gasteiger partial charge in [-0.25, -0.2) is 9.48 Å². The average molecular weight is 480 g/mol. The van der Waals surface area contributed by atoms with Crippen LogP contribution in [0.2, 0.25) is 0 Å². The van der Waals surface area contributed by atoms with E-state index in [0.717, 1.165) is 4.68 Å². The first-order valence-corrected chi connectivity index (χ1v) is 9.91. The van der Waals surface area contributed by atoms with Crippen LogP contribution in [-0.4, -0.2) is 46.5 Å². The lowest BCUT2D eigenvalue weighted by Crippen LogP contribution is -2.12. The van der Waals surface area contributed by atoms with Gasteiger partial charge in [-0.05, 0) is 29.8 Å². The highest BCUT2D eigenvalue weighted by Crippen LogP contribution is 2.39. The first kappa shape index (κ1) is 23.1. The number of hydrogen-bond acceptors (Lipinski definition) is 7. The molecule has 2 N–H and O–H groups in total. The lowest BCUT2D eigenvalue weighted by atomic mass is 10.0. The fourth-order valence-corrected chi connectivity index (χ4v) is 3.47. The van der Waals surface area contributed by atoms with Crippen molar-refractivity contribution in [1.29, 1.82) is 0 Å². The minimum atomic E-state index is -4.82. The number of aromatic hydroxyl groups is 1. The van der Waals surface area contributed by atoms with E-state index in [2.05, 4.69) is 5.10 Å². The molecule has 0 aliphatic carbocycles. The lowest BCUT2D eigenvalue weighted by molar-refractivity contribution is -0.142. The molecular formula is C22H19F3N2O7. The summed E-state index contributed by atoms with van der Waals surface area (Å²) in [7, 11) is 1.40. The Morgan fingerprint density at radius 2 is 1.94 bits per heavy atom. The molecule has 9 nitrogen and oxygen atoms in total. The topological polar surface area (TPSA) is 112 Å². The maximum absolute atomic E-state index is 13.8. The van der Waals surface area contributed by atoms with Crippen LogP contribution in [0.15, 0.2) is 36.4 Å². The molecule has 0 fully saturated rings. The van der Waals surface area contributed by atoms with Gasteiger partial charge in [-0.2, -0.15) is 18.3 Å². The summed E-state index contributed by atoms with van der Waals surface area (Å²) in [4.78, 5) is 10.9. The summed E-state index contributed by atoms with van der Waals surface area (Å²) < 4.78 is 62.9. The van der Waals surface area contributed by atoms with Crippen LogP contribution < -0.4 is 18.9 Å². The molecule has 34 heavy (non-hydrogen) atoms. The summed E-state index contributed by atoms with van der Waals surface area (Å²) in [5.74, 6) is -0.605. The number of fused-ring (bicyclic) bond motifs is 1. The Hall–Kier alpha value is -4.09. The molecule has 0 saturated carbocycles. The highest BCUT2D eigenvalue weighted by Gasteiger charge is 2.39. The summed E-state index contributed by atoms with van der Waals surface area (Å²) in [6, 6.07) is 9.11. The van der Waals surface area contributed by atoms with Gasteiger partial charge in [0.05, 0.1) is 19.2 Å². The van der Waals surface area contributed by atoms with Gasteiger partial charge in [0.25, 0.3) is 0 Å². The number of nitrogens with zero attached hydrogens (tertiary/aromatic N) is 2. The van der Waals surface area contributed by atoms with Crippen LogP contribution in [0.1, 0.15) is 22.4 Å². The number of methoxy groups -OCH3 is 1. The Balaban J connectivity index is 1.68. The van der Waals surface area contributed by atoms with Crippen molar-refractivity contribution in [3.8, 4) is 28.9 Å². The van der Waals surface area contributed by atoms with E-state index in [-0.39, 0.29) is 25.5 Å². The van der Waals surface area contributed by atoms with Gasteiger partial charge >= 0.3 is 12.1 Å². The highest BCUT2D eigenvalue weighted by atomic mass is 19.4. The number of benzene rings is 2. The predicted octanol–water partition coefficient (Wildman–Crippen LogP) is 3.45. The first-order chi connectivity index (χ1) is 16.2. The maximum Gasteiger partial charge on any atom is 0.435 e. The molecule has 0 amide bonds. The van der Waals surface area contributed by atoms with E-state index in [1.165, 1.54) is 25.3 Å². The van der Waals surface area contributed by atoms with Gasteiger partial charge in [0.15, 0.2) is 23.8 Å². The quantitative estimate of drug-likeness (QED) is 0.504. The summed E-state index contributed by atoms with van der Waals surface area (Å²) in [5, 5.41) is 23.2. The highest BCUT2D eigenvalue weighted by molar-refractivity contribution is 5.68. The largest absolute Gasteiger partial charge is 0.497 e. The molecule has 0 unspecified atom stereocenters. The standard InChI is InChI=1S/C22H19F3N2O7/c1-31-14-4-3-13(17(8-14)32-10-19(28)29)9-27-21(30)15(20(26-27)22(23,24)25)6-12-2-5-16-18(7-12)34-11-33-16/h2-5,7-8,30H,6,9-11H2,1H3,(H,28,29). The Bertz CT molecular complexity index is 1220. The van der Waals surface area contributed by atoms with Gasteiger partial charge in [0.1, 0.15) is 11.5 Å². The molecule has 1 aliphatic rings. The zero-order chi connectivity index (χ0) is 24.5. The number of ether oxygens (including phenoxy) is 4. The molecule has 0 saturated heterocycles. The van der Waals surface area contributed by atoms with Crippen LogP contribution in [0.5, 0.6) is 28.9 Å². The fourth-order valence-electron chi connectivity index (χ4n) is 3.47. The van der Waals surface area contributed by atoms with Gasteiger partial charge in [-0.15, -0.1) is 0 Å². The number of carboxylic acids is 1. The van der Waals surface area contributed by atoms with Crippen LogP contribution in [0.25, 0.3) is 0 Å². The zero-order valence-electron chi connectivity index (χ0n) is 17.8. The van der Waals surface area contributed by atoms with Gasteiger partial charge in [0.2, 0.25) is 12.7 Å². The third kappa shape index (κ3) is 4.80. The zero-order valence-corrected chi connectivity index (χ0v) is 17.8. The second kappa shape index (κ2) is 9.04. The number of hydrogen-bond donors (Lipinski definition) is 2. The molecule has 12 heteroatoms. The fraction of sp³-hybridized carbons (Fsp3) is 0.273. The van der Waals surface area contributed by atoms with Crippen molar-refractivity contribution in [2.45, 2.75) is 19.1 Å². The van der Waals surface area contributed by atoms with Gasteiger partial charge in [0, 0.05) is 18.1 Å². The Labute approximate surface area is 190 Å². The Kier molecular flexibility index (Phi) is 6.14. The third-order valence-corrected chi connectivity index (χ3v) is 5.05. The van der Waals surface area contributed by atoms with Crippen molar-refractivity contribution in [1.82, 2.24) is 9.78 Å². The van der Waals surface area contributed by atoms with E-state index >= 15 is 0 Å². The number of aliphatic carboxylic acids is 1. The minimum Gasteiger partial charge on any atom is -0.497 e. The molecule has 3 aromatic rings. The molecule has 0 atom stereocenters. The van der Waals surface area contributed by atoms with E-state index in [1.807, 2.05) is 0 Å². The Morgan fingerprint density at radius 1 is 1.18 bits per heavy atom. The number of rotatable bonds is 8. The molecular weight excluding hydrogens is 461 g/mol. The second-order valence-electron chi connectivity index (χ2n) is 7.33. The number of carbonyl (C=O) groups is 1. The maximum atomic E-state index is 13.8. The SMILES string of the molecule is COc1ccc(Cn2nc(C(F)(F)F)c(Cc3ccc4c(c3)OCO4)c2O)c(OCC(=O)O)c1. The Morgan fingerprint density at radius 3 is 2.65 bits per heavy atom. The summed E-state index contributed by atoms with van der Waals surface area (Å²) in [6.45, 7) is -0.965. The number of alkyl halides is 3. The first-order valence-electron chi connectivity index (χ1n) is 9.91. The summed E-state index contributed by atoms with van der Waals surface area (Å²) in [5.41, 5.74) is -0.889. The molecule has 0 radical (unpaired) electrons. The molecule has 2 aromatic carbocycles. The number of aromatic nitrogens is 2. The monoisotopic (exact) mass is 480 g/mol. The van der Waals surface area contributed by atoms with E-state index in [1.54, 1.807) is 18.2 Å². The van der Waals surface area contributed by atoms with Crippen molar-refractivity contribution >= 4 is 5.97 Å². The van der Waals surface area contributed by atoms with Gasteiger partial charge in [-0.3, -0.25) is 0 Å². The van der Waals surface area contributed by atoms with Gasteiger partial charge in [-0.1, -0.05) is 6.07 Å². The van der Waals surface area contributed by atoms with E-state index in [9.17, 15) is 23.1 Å².